The van der Waals surface area contributed by atoms with E-state index >= 15 is 0 Å². The molecule has 0 bridgehead atoms. The van der Waals surface area contributed by atoms with Gasteiger partial charge in [0.05, 0.1) is 6.42 Å². The first-order valence-electron chi connectivity index (χ1n) is 8.24. The van der Waals surface area contributed by atoms with Crippen molar-refractivity contribution < 1.29 is 9.18 Å². The molecule has 0 atom stereocenters. The summed E-state index contributed by atoms with van der Waals surface area (Å²) in [4.78, 5) is 15.5. The summed E-state index contributed by atoms with van der Waals surface area (Å²) < 4.78 is 12.9. The molecule has 0 aliphatic heterocycles. The molecule has 4 heteroatoms. The lowest BCUT2D eigenvalue weighted by Gasteiger charge is -2.16. The van der Waals surface area contributed by atoms with E-state index in [0.717, 1.165) is 23.9 Å². The van der Waals surface area contributed by atoms with Gasteiger partial charge in [-0.25, -0.2) is 4.39 Å². The Labute approximate surface area is 139 Å². The van der Waals surface area contributed by atoms with Crippen LogP contribution < -0.4 is 5.32 Å². The summed E-state index contributed by atoms with van der Waals surface area (Å²) in [6.45, 7) is 0.648. The Morgan fingerprint density at radius 2 is 1.88 bits per heavy atom. The van der Waals surface area contributed by atoms with Crippen LogP contribution in [0.25, 0.3) is 10.9 Å². The van der Waals surface area contributed by atoms with Gasteiger partial charge in [-0.1, -0.05) is 30.3 Å². The number of aromatic amines is 1. The molecule has 0 radical (unpaired) electrons. The van der Waals surface area contributed by atoms with Crippen molar-refractivity contribution in [2.75, 3.05) is 6.54 Å². The van der Waals surface area contributed by atoms with E-state index < -0.39 is 0 Å². The highest BCUT2D eigenvalue weighted by Crippen LogP contribution is 2.49. The predicted octanol–water partition coefficient (Wildman–Crippen LogP) is 3.70. The van der Waals surface area contributed by atoms with Crippen molar-refractivity contribution in [3.05, 3.63) is 71.7 Å². The van der Waals surface area contributed by atoms with E-state index in [1.807, 2.05) is 12.1 Å². The van der Waals surface area contributed by atoms with E-state index in [9.17, 15) is 9.18 Å². The molecule has 1 aliphatic carbocycles. The standard InChI is InChI=1S/C20H19FN2O/c21-15-7-5-14(6-8-15)11-19(24)23-13-20(9-10-20)17-12-22-18-4-2-1-3-16(17)18/h1-8,12,22H,9-11,13H2,(H,23,24). The maximum atomic E-state index is 12.9. The number of hydrogen-bond acceptors (Lipinski definition) is 1. The molecule has 0 saturated heterocycles. The van der Waals surface area contributed by atoms with E-state index in [2.05, 4.69) is 28.6 Å². The highest BCUT2D eigenvalue weighted by Gasteiger charge is 2.45. The number of halogens is 1. The number of amides is 1. The number of hydrogen-bond donors (Lipinski definition) is 2. The van der Waals surface area contributed by atoms with Gasteiger partial charge in [-0.2, -0.15) is 0 Å². The molecule has 3 aromatic rings. The fourth-order valence-corrected chi connectivity index (χ4v) is 3.32. The van der Waals surface area contributed by atoms with Crippen LogP contribution in [-0.4, -0.2) is 17.4 Å². The molecule has 1 fully saturated rings. The molecule has 0 unspecified atom stereocenters. The van der Waals surface area contributed by atoms with Crippen LogP contribution in [0.2, 0.25) is 0 Å². The first-order valence-corrected chi connectivity index (χ1v) is 8.24. The lowest BCUT2D eigenvalue weighted by atomic mass is 9.95. The molecule has 24 heavy (non-hydrogen) atoms. The zero-order chi connectivity index (χ0) is 16.6. The van der Waals surface area contributed by atoms with Crippen LogP contribution in [0.15, 0.2) is 54.7 Å². The van der Waals surface area contributed by atoms with Crippen LogP contribution in [0.3, 0.4) is 0 Å². The third kappa shape index (κ3) is 2.80. The van der Waals surface area contributed by atoms with Crippen LogP contribution in [0.5, 0.6) is 0 Å². The molecule has 0 spiro atoms. The number of H-pyrrole nitrogens is 1. The molecular formula is C20H19FN2O. The van der Waals surface area contributed by atoms with Crippen LogP contribution in [0.4, 0.5) is 4.39 Å². The molecule has 1 saturated carbocycles. The van der Waals surface area contributed by atoms with Gasteiger partial charge in [-0.15, -0.1) is 0 Å². The molecule has 122 valence electrons. The summed E-state index contributed by atoms with van der Waals surface area (Å²) in [6.07, 6.45) is 4.53. The Balaban J connectivity index is 1.43. The van der Waals surface area contributed by atoms with Crippen LogP contribution in [0, 0.1) is 5.82 Å². The molecule has 1 amide bonds. The van der Waals surface area contributed by atoms with E-state index in [-0.39, 0.29) is 23.6 Å². The first-order chi connectivity index (χ1) is 11.7. The van der Waals surface area contributed by atoms with E-state index in [1.54, 1.807) is 12.1 Å². The van der Waals surface area contributed by atoms with Gasteiger partial charge in [0, 0.05) is 29.1 Å². The summed E-state index contributed by atoms with van der Waals surface area (Å²) in [5, 5.41) is 4.29. The highest BCUT2D eigenvalue weighted by atomic mass is 19.1. The first kappa shape index (κ1) is 14.9. The lowest BCUT2D eigenvalue weighted by molar-refractivity contribution is -0.120. The van der Waals surface area contributed by atoms with E-state index in [1.165, 1.54) is 23.1 Å². The van der Waals surface area contributed by atoms with Gasteiger partial charge in [0.15, 0.2) is 0 Å². The second kappa shape index (κ2) is 5.78. The van der Waals surface area contributed by atoms with Gasteiger partial charge >= 0.3 is 0 Å². The summed E-state index contributed by atoms with van der Waals surface area (Å²) in [5.74, 6) is -0.303. The summed E-state index contributed by atoms with van der Waals surface area (Å²) in [5.41, 5.74) is 3.31. The van der Waals surface area contributed by atoms with Crippen molar-refractivity contribution in [1.29, 1.82) is 0 Å². The Morgan fingerprint density at radius 1 is 1.12 bits per heavy atom. The summed E-state index contributed by atoms with van der Waals surface area (Å²) in [7, 11) is 0. The fourth-order valence-electron chi connectivity index (χ4n) is 3.32. The van der Waals surface area contributed by atoms with Crippen molar-refractivity contribution in [2.45, 2.75) is 24.7 Å². The molecule has 1 aromatic heterocycles. The van der Waals surface area contributed by atoms with Crippen molar-refractivity contribution in [2.24, 2.45) is 0 Å². The molecule has 4 rings (SSSR count). The molecule has 1 aliphatic rings. The molecule has 2 N–H and O–H groups in total. The minimum atomic E-state index is -0.282. The number of fused-ring (bicyclic) bond motifs is 1. The van der Waals surface area contributed by atoms with E-state index in [4.69, 9.17) is 0 Å². The number of benzene rings is 2. The lowest BCUT2D eigenvalue weighted by Crippen LogP contribution is -2.33. The Hall–Kier alpha value is -2.62. The normalized spacial score (nSPS) is 15.4. The van der Waals surface area contributed by atoms with E-state index in [0.29, 0.717) is 6.54 Å². The van der Waals surface area contributed by atoms with Gasteiger partial charge < -0.3 is 10.3 Å². The molecule has 2 aromatic carbocycles. The minimum absolute atomic E-state index is 0.0206. The zero-order valence-electron chi connectivity index (χ0n) is 13.3. The number of nitrogens with one attached hydrogen (secondary N) is 2. The van der Waals surface area contributed by atoms with Gasteiger partial charge in [-0.3, -0.25) is 4.79 Å². The molecule has 1 heterocycles. The quantitative estimate of drug-likeness (QED) is 0.739. The summed E-state index contributed by atoms with van der Waals surface area (Å²) >= 11 is 0. The number of carbonyl (C=O) groups is 1. The van der Waals surface area contributed by atoms with Gasteiger partial charge in [0.25, 0.3) is 0 Å². The van der Waals surface area contributed by atoms with Crippen molar-refractivity contribution in [3.8, 4) is 0 Å². The predicted molar refractivity (Wildman–Crippen MR) is 92.3 cm³/mol. The molecular weight excluding hydrogens is 303 g/mol. The second-order valence-corrected chi connectivity index (χ2v) is 6.61. The second-order valence-electron chi connectivity index (χ2n) is 6.61. The van der Waals surface area contributed by atoms with Crippen molar-refractivity contribution in [1.82, 2.24) is 10.3 Å². The molecule has 3 nitrogen and oxygen atoms in total. The highest BCUT2D eigenvalue weighted by molar-refractivity contribution is 5.85. The maximum absolute atomic E-state index is 12.9. The number of rotatable bonds is 5. The van der Waals surface area contributed by atoms with Gasteiger partial charge in [0.1, 0.15) is 5.82 Å². The number of para-hydroxylation sites is 1. The Kier molecular flexibility index (Phi) is 3.60. The number of carbonyl (C=O) groups excluding carboxylic acids is 1. The third-order valence-electron chi connectivity index (χ3n) is 4.92. The maximum Gasteiger partial charge on any atom is 0.224 e. The van der Waals surface area contributed by atoms with Crippen molar-refractivity contribution in [3.63, 3.8) is 0 Å². The summed E-state index contributed by atoms with van der Waals surface area (Å²) in [6, 6.07) is 14.3. The Morgan fingerprint density at radius 3 is 2.62 bits per heavy atom. The van der Waals surface area contributed by atoms with Gasteiger partial charge in [0.2, 0.25) is 5.91 Å². The zero-order valence-corrected chi connectivity index (χ0v) is 13.3. The van der Waals surface area contributed by atoms with Crippen LogP contribution >= 0.6 is 0 Å². The SMILES string of the molecule is O=C(Cc1ccc(F)cc1)NCC1(c2c[nH]c3ccccc23)CC1. The van der Waals surface area contributed by atoms with Crippen LogP contribution in [-0.2, 0) is 16.6 Å². The van der Waals surface area contributed by atoms with Gasteiger partial charge in [-0.05, 0) is 42.2 Å². The fraction of sp³-hybridized carbons (Fsp3) is 0.250. The average Bonchev–Trinajstić information content (AvgIpc) is 3.26. The largest absolute Gasteiger partial charge is 0.361 e. The Bertz CT molecular complexity index is 878. The average molecular weight is 322 g/mol. The minimum Gasteiger partial charge on any atom is -0.361 e. The topological polar surface area (TPSA) is 44.9 Å². The number of aromatic nitrogens is 1. The van der Waals surface area contributed by atoms with Crippen molar-refractivity contribution >= 4 is 16.8 Å². The monoisotopic (exact) mass is 322 g/mol. The van der Waals surface area contributed by atoms with Crippen LogP contribution in [0.1, 0.15) is 24.0 Å². The smallest absolute Gasteiger partial charge is 0.224 e. The third-order valence-corrected chi connectivity index (χ3v) is 4.92.